The van der Waals surface area contributed by atoms with Crippen LogP contribution in [0.2, 0.25) is 0 Å². The predicted octanol–water partition coefficient (Wildman–Crippen LogP) is 2.58. The van der Waals surface area contributed by atoms with E-state index in [1.807, 2.05) is 13.8 Å². The quantitative estimate of drug-likeness (QED) is 0.867. The number of halogens is 1. The van der Waals surface area contributed by atoms with Gasteiger partial charge in [0.1, 0.15) is 0 Å². The summed E-state index contributed by atoms with van der Waals surface area (Å²) in [7, 11) is 0. The van der Waals surface area contributed by atoms with Gasteiger partial charge in [0.15, 0.2) is 5.89 Å². The Labute approximate surface area is 104 Å². The number of nitrogens with zero attached hydrogens (tertiary/aromatic N) is 1. The first-order valence-corrected chi connectivity index (χ1v) is 6.20. The maximum Gasteiger partial charge on any atom is 0.289 e. The number of amides is 1. The van der Waals surface area contributed by atoms with Crippen molar-refractivity contribution in [2.45, 2.75) is 45.0 Å². The molecule has 1 aromatic rings. The van der Waals surface area contributed by atoms with E-state index in [-0.39, 0.29) is 11.9 Å². The summed E-state index contributed by atoms with van der Waals surface area (Å²) >= 11 is 3.45. The molecular formula is C11H17BrN2O2. The minimum Gasteiger partial charge on any atom is -0.436 e. The second-order valence-electron chi connectivity index (χ2n) is 4.04. The lowest BCUT2D eigenvalue weighted by atomic mass is 10.2. The minimum atomic E-state index is -0.196. The summed E-state index contributed by atoms with van der Waals surface area (Å²) in [6, 6.07) is 0.103. The molecule has 1 amide bonds. The van der Waals surface area contributed by atoms with E-state index >= 15 is 0 Å². The van der Waals surface area contributed by atoms with E-state index < -0.39 is 0 Å². The molecule has 16 heavy (non-hydrogen) atoms. The predicted molar refractivity (Wildman–Crippen MR) is 65.9 cm³/mol. The molecule has 1 heterocycles. The lowest BCUT2D eigenvalue weighted by Gasteiger charge is -2.14. The van der Waals surface area contributed by atoms with E-state index in [1.165, 1.54) is 0 Å². The molecule has 0 aromatic carbocycles. The van der Waals surface area contributed by atoms with Gasteiger partial charge in [-0.2, -0.15) is 0 Å². The molecule has 5 heteroatoms. The van der Waals surface area contributed by atoms with Crippen LogP contribution in [-0.2, 0) is 0 Å². The molecule has 0 spiro atoms. The van der Waals surface area contributed by atoms with E-state index in [2.05, 4.69) is 26.2 Å². The number of aryl methyl sites for hydroxylation is 2. The largest absolute Gasteiger partial charge is 0.436 e. The van der Waals surface area contributed by atoms with Crippen LogP contribution >= 0.6 is 15.9 Å². The van der Waals surface area contributed by atoms with Crippen LogP contribution in [0.5, 0.6) is 0 Å². The number of hydrogen-bond donors (Lipinski definition) is 1. The standard InChI is InChI=1S/C11H17BrN2O2/c1-6(12)5-7(2)13-11(15)10-8(3)14-9(4)16-10/h6-7H,5H2,1-4H3,(H,13,15). The molecule has 0 aliphatic heterocycles. The fraction of sp³-hybridized carbons (Fsp3) is 0.636. The van der Waals surface area contributed by atoms with Crippen LogP contribution in [0.3, 0.4) is 0 Å². The van der Waals surface area contributed by atoms with Crippen molar-refractivity contribution >= 4 is 21.8 Å². The third-order valence-corrected chi connectivity index (χ3v) is 2.54. The Bertz CT molecular complexity index is 374. The summed E-state index contributed by atoms with van der Waals surface area (Å²) in [5.41, 5.74) is 0.633. The highest BCUT2D eigenvalue weighted by Gasteiger charge is 2.18. The van der Waals surface area contributed by atoms with E-state index in [0.717, 1.165) is 6.42 Å². The van der Waals surface area contributed by atoms with Gasteiger partial charge < -0.3 is 9.73 Å². The van der Waals surface area contributed by atoms with Gasteiger partial charge in [-0.3, -0.25) is 4.79 Å². The van der Waals surface area contributed by atoms with E-state index in [0.29, 0.717) is 22.2 Å². The zero-order valence-corrected chi connectivity index (χ0v) is 11.6. The second-order valence-corrected chi connectivity index (χ2v) is 5.60. The molecule has 2 unspecified atom stereocenters. The summed E-state index contributed by atoms with van der Waals surface area (Å²) in [6.07, 6.45) is 0.873. The van der Waals surface area contributed by atoms with Crippen molar-refractivity contribution in [2.24, 2.45) is 0 Å². The Balaban J connectivity index is 2.62. The molecule has 0 radical (unpaired) electrons. The average Bonchev–Trinajstić information content (AvgIpc) is 2.43. The van der Waals surface area contributed by atoms with Gasteiger partial charge in [0.2, 0.25) is 5.76 Å². The number of carbonyl (C=O) groups is 1. The molecule has 1 N–H and O–H groups in total. The van der Waals surface area contributed by atoms with Crippen molar-refractivity contribution in [2.75, 3.05) is 0 Å². The minimum absolute atomic E-state index is 0.103. The molecule has 4 nitrogen and oxygen atoms in total. The van der Waals surface area contributed by atoms with Gasteiger partial charge in [-0.05, 0) is 20.3 Å². The smallest absolute Gasteiger partial charge is 0.289 e. The first kappa shape index (κ1) is 13.2. The van der Waals surface area contributed by atoms with Crippen LogP contribution in [0, 0.1) is 13.8 Å². The number of nitrogens with one attached hydrogen (secondary N) is 1. The van der Waals surface area contributed by atoms with Crippen molar-refractivity contribution in [3.8, 4) is 0 Å². The molecular weight excluding hydrogens is 272 g/mol. The number of alkyl halides is 1. The van der Waals surface area contributed by atoms with Crippen LogP contribution in [0.25, 0.3) is 0 Å². The average molecular weight is 289 g/mol. The third kappa shape index (κ3) is 3.63. The summed E-state index contributed by atoms with van der Waals surface area (Å²) in [4.78, 5) is 16.2. The van der Waals surface area contributed by atoms with Gasteiger partial charge in [0.05, 0.1) is 5.69 Å². The molecule has 0 aliphatic carbocycles. The molecule has 90 valence electrons. The van der Waals surface area contributed by atoms with Gasteiger partial charge >= 0.3 is 0 Å². The first-order valence-electron chi connectivity index (χ1n) is 5.29. The monoisotopic (exact) mass is 288 g/mol. The SMILES string of the molecule is Cc1nc(C)c(C(=O)NC(C)CC(C)Br)o1. The van der Waals surface area contributed by atoms with Crippen molar-refractivity contribution in [3.05, 3.63) is 17.3 Å². The van der Waals surface area contributed by atoms with Crippen LogP contribution in [0.4, 0.5) is 0 Å². The molecule has 0 saturated heterocycles. The Morgan fingerprint density at radius 2 is 2.12 bits per heavy atom. The Morgan fingerprint density at radius 1 is 1.50 bits per heavy atom. The molecule has 2 atom stereocenters. The van der Waals surface area contributed by atoms with Crippen molar-refractivity contribution in [3.63, 3.8) is 0 Å². The van der Waals surface area contributed by atoms with Crippen molar-refractivity contribution in [1.29, 1.82) is 0 Å². The van der Waals surface area contributed by atoms with Crippen molar-refractivity contribution < 1.29 is 9.21 Å². The van der Waals surface area contributed by atoms with Gasteiger partial charge in [-0.25, -0.2) is 4.98 Å². The number of rotatable bonds is 4. The lowest BCUT2D eigenvalue weighted by Crippen LogP contribution is -2.34. The molecule has 0 aliphatic rings. The topological polar surface area (TPSA) is 55.1 Å². The maximum absolute atomic E-state index is 11.8. The summed E-state index contributed by atoms with van der Waals surface area (Å²) in [5, 5.41) is 2.88. The normalized spacial score (nSPS) is 14.6. The fourth-order valence-electron chi connectivity index (χ4n) is 1.58. The number of aromatic nitrogens is 1. The highest BCUT2D eigenvalue weighted by molar-refractivity contribution is 9.09. The lowest BCUT2D eigenvalue weighted by molar-refractivity contribution is 0.0908. The summed E-state index contributed by atoms with van der Waals surface area (Å²) in [5.74, 6) is 0.634. The van der Waals surface area contributed by atoms with Gasteiger partial charge in [-0.1, -0.05) is 22.9 Å². The zero-order valence-electron chi connectivity index (χ0n) is 10.0. The molecule has 0 saturated carbocycles. The van der Waals surface area contributed by atoms with Crippen LogP contribution in [0.15, 0.2) is 4.42 Å². The Kier molecular flexibility index (Phi) is 4.53. The Hall–Kier alpha value is -0.840. The number of hydrogen-bond acceptors (Lipinski definition) is 3. The van der Waals surface area contributed by atoms with Gasteiger partial charge in [0, 0.05) is 17.8 Å². The molecule has 0 bridgehead atoms. The van der Waals surface area contributed by atoms with Crippen LogP contribution in [-0.4, -0.2) is 21.8 Å². The molecule has 1 aromatic heterocycles. The number of carbonyl (C=O) groups excluding carboxylic acids is 1. The van der Waals surface area contributed by atoms with E-state index in [9.17, 15) is 4.79 Å². The third-order valence-electron chi connectivity index (χ3n) is 2.17. The van der Waals surface area contributed by atoms with Gasteiger partial charge in [-0.15, -0.1) is 0 Å². The van der Waals surface area contributed by atoms with E-state index in [1.54, 1.807) is 13.8 Å². The van der Waals surface area contributed by atoms with E-state index in [4.69, 9.17) is 4.42 Å². The highest BCUT2D eigenvalue weighted by Crippen LogP contribution is 2.11. The zero-order chi connectivity index (χ0) is 12.3. The highest BCUT2D eigenvalue weighted by atomic mass is 79.9. The van der Waals surface area contributed by atoms with Gasteiger partial charge in [0.25, 0.3) is 5.91 Å². The van der Waals surface area contributed by atoms with Crippen LogP contribution in [0.1, 0.15) is 42.4 Å². The second kappa shape index (κ2) is 5.48. The Morgan fingerprint density at radius 3 is 2.56 bits per heavy atom. The maximum atomic E-state index is 11.8. The molecule has 1 rings (SSSR count). The first-order chi connectivity index (χ1) is 7.40. The summed E-state index contributed by atoms with van der Waals surface area (Å²) < 4.78 is 5.25. The van der Waals surface area contributed by atoms with Crippen LogP contribution < -0.4 is 5.32 Å². The fourth-order valence-corrected chi connectivity index (χ4v) is 2.14. The van der Waals surface area contributed by atoms with Crippen molar-refractivity contribution in [1.82, 2.24) is 10.3 Å². The summed E-state index contributed by atoms with van der Waals surface area (Å²) in [6.45, 7) is 7.51. The number of oxazole rings is 1. The molecule has 0 fully saturated rings.